The van der Waals surface area contributed by atoms with E-state index in [-0.39, 0.29) is 5.91 Å². The van der Waals surface area contributed by atoms with Gasteiger partial charge in [-0.2, -0.15) is 0 Å². The second-order valence-electron chi connectivity index (χ2n) is 4.79. The maximum Gasteiger partial charge on any atom is 0.222 e. The third kappa shape index (κ3) is 3.15. The van der Waals surface area contributed by atoms with Gasteiger partial charge in [0.2, 0.25) is 5.91 Å². The Hall–Kier alpha value is -1.91. The summed E-state index contributed by atoms with van der Waals surface area (Å²) in [7, 11) is 3.30. The number of hydrogen-bond acceptors (Lipinski definition) is 4. The van der Waals surface area contributed by atoms with Gasteiger partial charge in [0, 0.05) is 56.5 Å². The van der Waals surface area contributed by atoms with Crippen LogP contribution in [-0.2, 0) is 4.79 Å². The van der Waals surface area contributed by atoms with E-state index in [2.05, 4.69) is 4.90 Å². The number of anilines is 1. The molecule has 1 aromatic rings. The highest BCUT2D eigenvalue weighted by molar-refractivity contribution is 5.76. The third-order valence-electron chi connectivity index (χ3n) is 3.64. The summed E-state index contributed by atoms with van der Waals surface area (Å²) in [6, 6.07) is 5.86. The molecule has 0 atom stereocenters. The molecule has 20 heavy (non-hydrogen) atoms. The van der Waals surface area contributed by atoms with Crippen LogP contribution in [0, 0.1) is 0 Å². The number of hydrogen-bond donors (Lipinski definition) is 0. The highest BCUT2D eigenvalue weighted by Crippen LogP contribution is 2.29. The van der Waals surface area contributed by atoms with E-state index < -0.39 is 0 Å². The van der Waals surface area contributed by atoms with Crippen molar-refractivity contribution in [3.63, 3.8) is 0 Å². The first-order chi connectivity index (χ1) is 9.67. The Morgan fingerprint density at radius 2 is 1.60 bits per heavy atom. The Labute approximate surface area is 120 Å². The number of carbonyl (C=O) groups excluding carboxylic acids is 1. The van der Waals surface area contributed by atoms with Crippen LogP contribution in [0.5, 0.6) is 11.5 Å². The summed E-state index contributed by atoms with van der Waals surface area (Å²) in [5.41, 5.74) is 1.07. The first kappa shape index (κ1) is 14.5. The smallest absolute Gasteiger partial charge is 0.222 e. The normalized spacial score (nSPS) is 15.2. The van der Waals surface area contributed by atoms with Crippen LogP contribution in [-0.4, -0.2) is 51.2 Å². The maximum atomic E-state index is 11.7. The molecule has 0 radical (unpaired) electrons. The summed E-state index contributed by atoms with van der Waals surface area (Å²) in [6.45, 7) is 5.12. The van der Waals surface area contributed by atoms with Crippen LogP contribution in [0.2, 0.25) is 0 Å². The molecule has 2 rings (SSSR count). The van der Waals surface area contributed by atoms with Gasteiger partial charge in [-0.3, -0.25) is 4.79 Å². The fourth-order valence-corrected chi connectivity index (χ4v) is 2.41. The van der Waals surface area contributed by atoms with Crippen LogP contribution in [0.1, 0.15) is 13.3 Å². The second kappa shape index (κ2) is 6.50. The van der Waals surface area contributed by atoms with Crippen molar-refractivity contribution in [3.05, 3.63) is 18.2 Å². The van der Waals surface area contributed by atoms with Gasteiger partial charge < -0.3 is 19.3 Å². The van der Waals surface area contributed by atoms with Crippen LogP contribution in [0.25, 0.3) is 0 Å². The fourth-order valence-electron chi connectivity index (χ4n) is 2.41. The molecule has 0 aliphatic carbocycles. The lowest BCUT2D eigenvalue weighted by molar-refractivity contribution is -0.131. The largest absolute Gasteiger partial charge is 0.497 e. The second-order valence-corrected chi connectivity index (χ2v) is 4.79. The molecule has 0 saturated carbocycles. The molecule has 0 bridgehead atoms. The van der Waals surface area contributed by atoms with E-state index >= 15 is 0 Å². The van der Waals surface area contributed by atoms with Crippen molar-refractivity contribution in [2.45, 2.75) is 13.3 Å². The third-order valence-corrected chi connectivity index (χ3v) is 3.64. The van der Waals surface area contributed by atoms with Crippen LogP contribution in [0.3, 0.4) is 0 Å². The zero-order chi connectivity index (χ0) is 14.5. The van der Waals surface area contributed by atoms with Gasteiger partial charge in [-0.05, 0) is 0 Å². The molecule has 1 aliphatic rings. The van der Waals surface area contributed by atoms with Gasteiger partial charge in [0.1, 0.15) is 11.5 Å². The van der Waals surface area contributed by atoms with Crippen molar-refractivity contribution in [3.8, 4) is 11.5 Å². The molecule has 1 aliphatic heterocycles. The monoisotopic (exact) mass is 278 g/mol. The molecule has 0 unspecified atom stereocenters. The number of benzene rings is 1. The van der Waals surface area contributed by atoms with Crippen molar-refractivity contribution in [2.75, 3.05) is 45.3 Å². The van der Waals surface area contributed by atoms with Gasteiger partial charge in [-0.25, -0.2) is 0 Å². The lowest BCUT2D eigenvalue weighted by atomic mass is 10.2. The standard InChI is InChI=1S/C15H22N2O3/c1-4-15(18)17-7-5-16(6-8-17)12-9-13(19-2)11-14(10-12)20-3/h9-11H,4-8H2,1-3H3. The number of rotatable bonds is 4. The van der Waals surface area contributed by atoms with E-state index in [0.29, 0.717) is 6.42 Å². The van der Waals surface area contributed by atoms with Crippen LogP contribution >= 0.6 is 0 Å². The van der Waals surface area contributed by atoms with Gasteiger partial charge in [-0.1, -0.05) is 6.92 Å². The number of carbonyl (C=O) groups is 1. The molecule has 110 valence electrons. The minimum atomic E-state index is 0.230. The van der Waals surface area contributed by atoms with E-state index in [4.69, 9.17) is 9.47 Å². The Kier molecular flexibility index (Phi) is 4.71. The molecule has 0 N–H and O–H groups in total. The van der Waals surface area contributed by atoms with E-state index in [1.54, 1.807) is 14.2 Å². The summed E-state index contributed by atoms with van der Waals surface area (Å²) in [5, 5.41) is 0. The number of methoxy groups -OCH3 is 2. The Morgan fingerprint density at radius 3 is 2.05 bits per heavy atom. The maximum absolute atomic E-state index is 11.7. The highest BCUT2D eigenvalue weighted by atomic mass is 16.5. The molecular formula is C15H22N2O3. The molecule has 1 saturated heterocycles. The Bertz CT molecular complexity index is 446. The SMILES string of the molecule is CCC(=O)N1CCN(c2cc(OC)cc(OC)c2)CC1. The lowest BCUT2D eigenvalue weighted by Gasteiger charge is -2.36. The van der Waals surface area contributed by atoms with Crippen LogP contribution in [0.4, 0.5) is 5.69 Å². The van der Waals surface area contributed by atoms with E-state index in [0.717, 1.165) is 43.4 Å². The van der Waals surface area contributed by atoms with Crippen molar-refractivity contribution >= 4 is 11.6 Å². The summed E-state index contributed by atoms with van der Waals surface area (Å²) in [6.07, 6.45) is 0.576. The summed E-state index contributed by atoms with van der Waals surface area (Å²) < 4.78 is 10.6. The summed E-state index contributed by atoms with van der Waals surface area (Å²) in [5.74, 6) is 1.80. The number of amides is 1. The molecular weight excluding hydrogens is 256 g/mol. The van der Waals surface area contributed by atoms with Crippen molar-refractivity contribution in [1.82, 2.24) is 4.90 Å². The summed E-state index contributed by atoms with van der Waals surface area (Å²) >= 11 is 0. The van der Waals surface area contributed by atoms with Gasteiger partial charge >= 0.3 is 0 Å². The van der Waals surface area contributed by atoms with Crippen molar-refractivity contribution in [1.29, 1.82) is 0 Å². The number of nitrogens with zero attached hydrogens (tertiary/aromatic N) is 2. The molecule has 5 nitrogen and oxygen atoms in total. The first-order valence-electron chi connectivity index (χ1n) is 6.93. The topological polar surface area (TPSA) is 42.0 Å². The molecule has 0 spiro atoms. The first-order valence-corrected chi connectivity index (χ1v) is 6.93. The lowest BCUT2D eigenvalue weighted by Crippen LogP contribution is -2.48. The Balaban J connectivity index is 2.08. The average molecular weight is 278 g/mol. The van der Waals surface area contributed by atoms with Crippen molar-refractivity contribution < 1.29 is 14.3 Å². The number of piperazine rings is 1. The van der Waals surface area contributed by atoms with E-state index in [1.165, 1.54) is 0 Å². The summed E-state index contributed by atoms with van der Waals surface area (Å²) in [4.78, 5) is 15.9. The average Bonchev–Trinajstić information content (AvgIpc) is 2.53. The molecule has 5 heteroatoms. The van der Waals surface area contributed by atoms with Crippen LogP contribution in [0.15, 0.2) is 18.2 Å². The fraction of sp³-hybridized carbons (Fsp3) is 0.533. The quantitative estimate of drug-likeness (QED) is 0.841. The predicted molar refractivity (Wildman–Crippen MR) is 78.6 cm³/mol. The minimum Gasteiger partial charge on any atom is -0.497 e. The Morgan fingerprint density at radius 1 is 1.05 bits per heavy atom. The van der Waals surface area contributed by atoms with Gasteiger partial charge in [0.15, 0.2) is 0 Å². The van der Waals surface area contributed by atoms with E-state index in [1.807, 2.05) is 30.0 Å². The molecule has 1 fully saturated rings. The highest BCUT2D eigenvalue weighted by Gasteiger charge is 2.20. The molecule has 1 amide bonds. The van der Waals surface area contributed by atoms with Crippen LogP contribution < -0.4 is 14.4 Å². The molecule has 0 aromatic heterocycles. The molecule has 1 heterocycles. The zero-order valence-corrected chi connectivity index (χ0v) is 12.4. The molecule has 1 aromatic carbocycles. The minimum absolute atomic E-state index is 0.230. The number of ether oxygens (including phenoxy) is 2. The van der Waals surface area contributed by atoms with E-state index in [9.17, 15) is 4.79 Å². The zero-order valence-electron chi connectivity index (χ0n) is 12.4. The predicted octanol–water partition coefficient (Wildman–Crippen LogP) is 1.76. The van der Waals surface area contributed by atoms with Gasteiger partial charge in [0.05, 0.1) is 14.2 Å². The van der Waals surface area contributed by atoms with Gasteiger partial charge in [0.25, 0.3) is 0 Å². The van der Waals surface area contributed by atoms with Crippen molar-refractivity contribution in [2.24, 2.45) is 0 Å². The van der Waals surface area contributed by atoms with Gasteiger partial charge in [-0.15, -0.1) is 0 Å².